The van der Waals surface area contributed by atoms with E-state index in [2.05, 4.69) is 15.9 Å². The van der Waals surface area contributed by atoms with Crippen molar-refractivity contribution >= 4 is 27.7 Å². The highest BCUT2D eigenvalue weighted by Gasteiger charge is 2.62. The van der Waals surface area contributed by atoms with E-state index in [-0.39, 0.29) is 19.6 Å². The molecular weight excluding hydrogens is 512 g/mol. The number of hydrogen-bond donors (Lipinski definition) is 1. The van der Waals surface area contributed by atoms with E-state index in [1.54, 1.807) is 18.2 Å². The topological polar surface area (TPSA) is 56.2 Å². The molecule has 2 fully saturated rings. The van der Waals surface area contributed by atoms with Crippen molar-refractivity contribution in [2.75, 3.05) is 50.8 Å². The average Bonchev–Trinajstić information content (AvgIpc) is 2.69. The van der Waals surface area contributed by atoms with Gasteiger partial charge in [0.25, 0.3) is 0 Å². The lowest BCUT2D eigenvalue weighted by Crippen LogP contribution is -2.62. The molecule has 0 radical (unpaired) electrons. The van der Waals surface area contributed by atoms with Gasteiger partial charge in [0.2, 0.25) is 0 Å². The number of rotatable bonds is 4. The number of ether oxygens (including phenoxy) is 1. The Morgan fingerprint density at radius 2 is 1.72 bits per heavy atom. The molecule has 1 atom stereocenters. The van der Waals surface area contributed by atoms with Crippen molar-refractivity contribution < 1.29 is 41.0 Å². The van der Waals surface area contributed by atoms with Crippen LogP contribution < -0.4 is 4.90 Å². The van der Waals surface area contributed by atoms with Crippen LogP contribution in [0.1, 0.15) is 5.56 Å². The molecular formula is C19H22BrF6N3O3. The highest BCUT2D eigenvalue weighted by atomic mass is 79.9. The number of anilines is 1. The summed E-state index contributed by atoms with van der Waals surface area (Å²) in [5.41, 5.74) is 1.25. The standard InChI is InChI=1S/C19H22BrF6N3O3/c20-13-2-1-12(14(9-13)27-5-7-32-8-6-27)10-28-3-4-29(17(30)31)11-15(28)16(18(21,22)23)19(24,25)26/h1-2,9,15-16H,3-8,10-11H2,(H,30,31). The van der Waals surface area contributed by atoms with Crippen LogP contribution in [0.3, 0.4) is 0 Å². The molecule has 2 aliphatic heterocycles. The number of piperazine rings is 1. The zero-order valence-corrected chi connectivity index (χ0v) is 18.4. The Labute approximate surface area is 188 Å². The molecule has 1 aromatic carbocycles. The van der Waals surface area contributed by atoms with Crippen molar-refractivity contribution in [1.82, 2.24) is 9.80 Å². The first-order chi connectivity index (χ1) is 14.9. The zero-order valence-electron chi connectivity index (χ0n) is 16.8. The Morgan fingerprint density at radius 3 is 2.28 bits per heavy atom. The summed E-state index contributed by atoms with van der Waals surface area (Å²) in [5, 5.41) is 9.19. The van der Waals surface area contributed by atoms with Gasteiger partial charge in [-0.25, -0.2) is 4.79 Å². The van der Waals surface area contributed by atoms with Crippen LogP contribution in [0, 0.1) is 5.92 Å². The fourth-order valence-corrected chi connectivity index (χ4v) is 4.49. The van der Waals surface area contributed by atoms with Crippen LogP contribution in [0.25, 0.3) is 0 Å². The van der Waals surface area contributed by atoms with E-state index in [9.17, 15) is 36.2 Å². The summed E-state index contributed by atoms with van der Waals surface area (Å²) in [4.78, 5) is 15.0. The number of nitrogens with zero attached hydrogens (tertiary/aromatic N) is 3. The monoisotopic (exact) mass is 533 g/mol. The van der Waals surface area contributed by atoms with Crippen molar-refractivity contribution in [1.29, 1.82) is 0 Å². The SMILES string of the molecule is O=C(O)N1CCN(Cc2ccc(Br)cc2N2CCOCC2)C(C(C(F)(F)F)C(F)(F)F)C1. The number of halogens is 7. The van der Waals surface area contributed by atoms with Gasteiger partial charge in [-0.1, -0.05) is 22.0 Å². The number of morpholine rings is 1. The van der Waals surface area contributed by atoms with Gasteiger partial charge in [0, 0.05) is 55.5 Å². The van der Waals surface area contributed by atoms with Gasteiger partial charge < -0.3 is 19.6 Å². The van der Waals surface area contributed by atoms with Crippen LogP contribution in [0.15, 0.2) is 22.7 Å². The van der Waals surface area contributed by atoms with Crippen molar-refractivity contribution in [3.8, 4) is 0 Å². The molecule has 6 nitrogen and oxygen atoms in total. The summed E-state index contributed by atoms with van der Waals surface area (Å²) in [6.07, 6.45) is -12.7. The molecule has 1 aromatic rings. The lowest BCUT2D eigenvalue weighted by Gasteiger charge is -2.45. The van der Waals surface area contributed by atoms with Crippen LogP contribution in [-0.4, -0.2) is 85.3 Å². The molecule has 0 aliphatic carbocycles. The fraction of sp³-hybridized carbons (Fsp3) is 0.632. The minimum absolute atomic E-state index is 0.180. The molecule has 13 heteroatoms. The third kappa shape index (κ3) is 5.79. The van der Waals surface area contributed by atoms with Crippen molar-refractivity contribution in [2.45, 2.75) is 24.9 Å². The van der Waals surface area contributed by atoms with E-state index >= 15 is 0 Å². The summed E-state index contributed by atoms with van der Waals surface area (Å²) in [6.45, 7) is 0.478. The molecule has 1 unspecified atom stereocenters. The number of hydrogen-bond acceptors (Lipinski definition) is 4. The second kappa shape index (κ2) is 9.64. The van der Waals surface area contributed by atoms with Crippen molar-refractivity contribution in [3.05, 3.63) is 28.2 Å². The van der Waals surface area contributed by atoms with Gasteiger partial charge in [0.1, 0.15) is 0 Å². The number of alkyl halides is 6. The van der Waals surface area contributed by atoms with E-state index in [0.29, 0.717) is 42.5 Å². The predicted octanol–water partition coefficient (Wildman–Crippen LogP) is 4.19. The first-order valence-electron chi connectivity index (χ1n) is 9.84. The Bertz CT molecular complexity index is 802. The largest absolute Gasteiger partial charge is 0.465 e. The smallest absolute Gasteiger partial charge is 0.407 e. The Kier molecular flexibility index (Phi) is 7.50. The molecule has 2 aliphatic rings. The molecule has 180 valence electrons. The summed E-state index contributed by atoms with van der Waals surface area (Å²) < 4.78 is 87.2. The van der Waals surface area contributed by atoms with E-state index in [1.165, 1.54) is 0 Å². The molecule has 0 spiro atoms. The van der Waals surface area contributed by atoms with Gasteiger partial charge in [-0.2, -0.15) is 26.3 Å². The Balaban J connectivity index is 1.95. The Hall–Kier alpha value is -1.73. The van der Waals surface area contributed by atoms with E-state index in [4.69, 9.17) is 4.74 Å². The maximum Gasteiger partial charge on any atom is 0.407 e. The molecule has 2 saturated heterocycles. The molecule has 0 aromatic heterocycles. The third-order valence-electron chi connectivity index (χ3n) is 5.67. The minimum atomic E-state index is -5.57. The summed E-state index contributed by atoms with van der Waals surface area (Å²) in [5.74, 6) is -3.67. The van der Waals surface area contributed by atoms with Crippen LogP contribution >= 0.6 is 15.9 Å². The minimum Gasteiger partial charge on any atom is -0.465 e. The second-order valence-electron chi connectivity index (χ2n) is 7.70. The van der Waals surface area contributed by atoms with Crippen molar-refractivity contribution in [2.24, 2.45) is 5.92 Å². The maximum atomic E-state index is 13.5. The normalized spacial score (nSPS) is 21.3. The first kappa shape index (κ1) is 24.9. The van der Waals surface area contributed by atoms with Gasteiger partial charge >= 0.3 is 18.4 Å². The molecule has 0 bridgehead atoms. The predicted molar refractivity (Wildman–Crippen MR) is 107 cm³/mol. The van der Waals surface area contributed by atoms with E-state index in [0.717, 1.165) is 9.37 Å². The zero-order chi connectivity index (χ0) is 23.7. The third-order valence-corrected chi connectivity index (χ3v) is 6.16. The molecule has 2 heterocycles. The van der Waals surface area contributed by atoms with Gasteiger partial charge in [-0.15, -0.1) is 0 Å². The Morgan fingerprint density at radius 1 is 1.09 bits per heavy atom. The van der Waals surface area contributed by atoms with Gasteiger partial charge in [0.05, 0.1) is 13.2 Å². The number of amides is 1. The van der Waals surface area contributed by atoms with Crippen molar-refractivity contribution in [3.63, 3.8) is 0 Å². The molecule has 32 heavy (non-hydrogen) atoms. The first-order valence-corrected chi connectivity index (χ1v) is 10.6. The molecule has 0 saturated carbocycles. The van der Waals surface area contributed by atoms with Crippen LogP contribution in [0.2, 0.25) is 0 Å². The second-order valence-corrected chi connectivity index (χ2v) is 8.62. The van der Waals surface area contributed by atoms with E-state index < -0.39 is 37.0 Å². The summed E-state index contributed by atoms with van der Waals surface area (Å²) >= 11 is 3.36. The molecule has 3 rings (SSSR count). The number of benzene rings is 1. The van der Waals surface area contributed by atoms with Crippen LogP contribution in [0.5, 0.6) is 0 Å². The average molecular weight is 534 g/mol. The molecule has 1 N–H and O–H groups in total. The number of carbonyl (C=O) groups is 1. The lowest BCUT2D eigenvalue weighted by atomic mass is 9.93. The van der Waals surface area contributed by atoms with Crippen LogP contribution in [0.4, 0.5) is 36.8 Å². The van der Waals surface area contributed by atoms with Gasteiger partial charge in [-0.05, 0) is 17.7 Å². The van der Waals surface area contributed by atoms with Gasteiger partial charge in [0.15, 0.2) is 5.92 Å². The maximum absolute atomic E-state index is 13.5. The van der Waals surface area contributed by atoms with E-state index in [1.807, 2.05) is 4.90 Å². The fourth-order valence-electron chi connectivity index (χ4n) is 4.14. The highest BCUT2D eigenvalue weighted by Crippen LogP contribution is 2.44. The lowest BCUT2D eigenvalue weighted by molar-refractivity contribution is -0.302. The van der Waals surface area contributed by atoms with Crippen LogP contribution in [-0.2, 0) is 11.3 Å². The molecule has 1 amide bonds. The highest BCUT2D eigenvalue weighted by molar-refractivity contribution is 9.10. The summed E-state index contributed by atoms with van der Waals surface area (Å²) in [7, 11) is 0. The summed E-state index contributed by atoms with van der Waals surface area (Å²) in [6, 6.07) is 3.01. The van der Waals surface area contributed by atoms with Gasteiger partial charge in [-0.3, -0.25) is 4.90 Å². The number of carboxylic acid groups (broad SMARTS) is 1. The quantitative estimate of drug-likeness (QED) is 0.588.